The lowest BCUT2D eigenvalue weighted by molar-refractivity contribution is 1.10. The van der Waals surface area contributed by atoms with Crippen LogP contribution in [0.4, 0.5) is 0 Å². The van der Waals surface area contributed by atoms with Crippen molar-refractivity contribution in [1.29, 1.82) is 0 Å². The molecule has 3 aromatic rings. The van der Waals surface area contributed by atoms with E-state index in [1.54, 1.807) is 22.7 Å². The highest BCUT2D eigenvalue weighted by Gasteiger charge is 2.11. The van der Waals surface area contributed by atoms with Crippen molar-refractivity contribution in [3.8, 4) is 11.4 Å². The summed E-state index contributed by atoms with van der Waals surface area (Å²) in [5.41, 5.74) is 0.775. The molecule has 6 heteroatoms. The van der Waals surface area contributed by atoms with Gasteiger partial charge in [-0.15, -0.1) is 10.2 Å². The van der Waals surface area contributed by atoms with Crippen molar-refractivity contribution in [2.45, 2.75) is 0 Å². The molecule has 0 aliphatic heterocycles. The van der Waals surface area contributed by atoms with Gasteiger partial charge in [0.15, 0.2) is 5.82 Å². The van der Waals surface area contributed by atoms with Gasteiger partial charge in [0.05, 0.1) is 5.02 Å². The van der Waals surface area contributed by atoms with Crippen LogP contribution in [0.3, 0.4) is 0 Å². The van der Waals surface area contributed by atoms with Crippen molar-refractivity contribution >= 4 is 29.0 Å². The Morgan fingerprint density at radius 1 is 1.12 bits per heavy atom. The second-order valence-electron chi connectivity index (χ2n) is 3.44. The van der Waals surface area contributed by atoms with Crippen molar-refractivity contribution in [1.82, 2.24) is 19.6 Å². The number of halogens is 2. The molecule has 0 amide bonds. The molecule has 0 N–H and O–H groups in total. The zero-order chi connectivity index (χ0) is 11.8. The van der Waals surface area contributed by atoms with Gasteiger partial charge in [-0.3, -0.25) is 4.40 Å². The maximum Gasteiger partial charge on any atom is 0.255 e. The van der Waals surface area contributed by atoms with Crippen LogP contribution in [0.2, 0.25) is 10.0 Å². The van der Waals surface area contributed by atoms with Crippen LogP contribution in [-0.4, -0.2) is 19.6 Å². The van der Waals surface area contributed by atoms with Crippen LogP contribution in [0.1, 0.15) is 0 Å². The predicted octanol–water partition coefficient (Wildman–Crippen LogP) is 3.10. The molecule has 0 aliphatic rings. The summed E-state index contributed by atoms with van der Waals surface area (Å²) in [4.78, 5) is 4.09. The molecule has 0 fully saturated rings. The van der Waals surface area contributed by atoms with Crippen LogP contribution < -0.4 is 0 Å². The van der Waals surface area contributed by atoms with Gasteiger partial charge >= 0.3 is 0 Å². The average molecular weight is 265 g/mol. The maximum atomic E-state index is 6.14. The number of benzene rings is 1. The zero-order valence-electron chi connectivity index (χ0n) is 8.51. The number of hydrogen-bond acceptors (Lipinski definition) is 3. The Morgan fingerprint density at radius 2 is 2.00 bits per heavy atom. The summed E-state index contributed by atoms with van der Waals surface area (Å²) in [5.74, 6) is 1.18. The van der Waals surface area contributed by atoms with Crippen molar-refractivity contribution in [2.75, 3.05) is 0 Å². The van der Waals surface area contributed by atoms with E-state index in [-0.39, 0.29) is 0 Å². The summed E-state index contributed by atoms with van der Waals surface area (Å²) in [6.07, 6.45) is 3.50. The van der Waals surface area contributed by atoms with Crippen molar-refractivity contribution < 1.29 is 0 Å². The van der Waals surface area contributed by atoms with Gasteiger partial charge in [-0.05, 0) is 24.3 Å². The minimum atomic E-state index is 0.536. The molecular weight excluding hydrogens is 259 g/mol. The fraction of sp³-hybridized carbons (Fsp3) is 0. The summed E-state index contributed by atoms with van der Waals surface area (Å²) in [7, 11) is 0. The second-order valence-corrected chi connectivity index (χ2v) is 4.28. The molecule has 0 spiro atoms. The Hall–Kier alpha value is -1.65. The third kappa shape index (κ3) is 1.75. The molecule has 0 radical (unpaired) electrons. The Balaban J connectivity index is 2.27. The molecule has 0 saturated heterocycles. The lowest BCUT2D eigenvalue weighted by atomic mass is 10.2. The summed E-state index contributed by atoms with van der Waals surface area (Å²) < 4.78 is 1.77. The Kier molecular flexibility index (Phi) is 2.46. The number of fused-ring (bicyclic) bond motifs is 1. The molecule has 3 rings (SSSR count). The number of aromatic nitrogens is 4. The Labute approximate surface area is 107 Å². The molecule has 2 heterocycles. The van der Waals surface area contributed by atoms with Crippen LogP contribution in [-0.2, 0) is 0 Å². The van der Waals surface area contributed by atoms with E-state index in [9.17, 15) is 0 Å². The SMILES string of the molecule is Clc1ccc(-c2nnc3ncccn23)c(Cl)c1. The number of rotatable bonds is 1. The van der Waals surface area contributed by atoms with Gasteiger partial charge in [0.1, 0.15) is 0 Å². The molecule has 2 aromatic heterocycles. The van der Waals surface area contributed by atoms with E-state index >= 15 is 0 Å². The molecule has 1 aromatic carbocycles. The van der Waals surface area contributed by atoms with Gasteiger partial charge in [-0.2, -0.15) is 0 Å². The summed E-state index contributed by atoms with van der Waals surface area (Å²) in [5, 5.41) is 9.17. The largest absolute Gasteiger partial charge is 0.266 e. The average Bonchev–Trinajstić information content (AvgIpc) is 2.73. The van der Waals surface area contributed by atoms with Crippen LogP contribution in [0, 0.1) is 0 Å². The van der Waals surface area contributed by atoms with E-state index in [1.165, 1.54) is 0 Å². The molecule has 0 bridgehead atoms. The fourth-order valence-corrected chi connectivity index (χ4v) is 2.09. The molecule has 0 unspecified atom stereocenters. The molecule has 0 atom stereocenters. The Bertz CT molecular complexity index is 693. The van der Waals surface area contributed by atoms with Crippen LogP contribution >= 0.6 is 23.2 Å². The van der Waals surface area contributed by atoms with E-state index in [0.717, 1.165) is 5.56 Å². The first-order valence-electron chi connectivity index (χ1n) is 4.87. The number of nitrogens with zero attached hydrogens (tertiary/aromatic N) is 4. The van der Waals surface area contributed by atoms with Gasteiger partial charge in [0.2, 0.25) is 0 Å². The van der Waals surface area contributed by atoms with Crippen LogP contribution in [0.15, 0.2) is 36.7 Å². The highest BCUT2D eigenvalue weighted by Crippen LogP contribution is 2.28. The zero-order valence-corrected chi connectivity index (χ0v) is 10.0. The summed E-state index contributed by atoms with van der Waals surface area (Å²) in [6.45, 7) is 0. The molecule has 4 nitrogen and oxygen atoms in total. The first-order valence-corrected chi connectivity index (χ1v) is 5.62. The normalized spacial score (nSPS) is 10.9. The van der Waals surface area contributed by atoms with E-state index in [1.807, 2.05) is 18.3 Å². The monoisotopic (exact) mass is 264 g/mol. The van der Waals surface area contributed by atoms with Gasteiger partial charge in [0.25, 0.3) is 5.78 Å². The van der Waals surface area contributed by atoms with Crippen LogP contribution in [0.5, 0.6) is 0 Å². The molecule has 0 saturated carbocycles. The number of hydrogen-bond donors (Lipinski definition) is 0. The minimum absolute atomic E-state index is 0.536. The standard InChI is InChI=1S/C11H6Cl2N4/c12-7-2-3-8(9(13)6-7)10-15-16-11-14-4-1-5-17(10)11/h1-6H. The Morgan fingerprint density at radius 3 is 2.82 bits per heavy atom. The fourth-order valence-electron chi connectivity index (χ4n) is 1.60. The van der Waals surface area contributed by atoms with Gasteiger partial charge in [-0.1, -0.05) is 23.2 Å². The smallest absolute Gasteiger partial charge is 0.255 e. The third-order valence-electron chi connectivity index (χ3n) is 2.36. The van der Waals surface area contributed by atoms with E-state index in [2.05, 4.69) is 15.2 Å². The quantitative estimate of drug-likeness (QED) is 0.679. The second kappa shape index (κ2) is 3.98. The topological polar surface area (TPSA) is 43.1 Å². The molecular formula is C11H6Cl2N4. The van der Waals surface area contributed by atoms with E-state index in [0.29, 0.717) is 21.6 Å². The van der Waals surface area contributed by atoms with Gasteiger partial charge in [-0.25, -0.2) is 4.98 Å². The van der Waals surface area contributed by atoms with Crippen LogP contribution in [0.25, 0.3) is 17.2 Å². The van der Waals surface area contributed by atoms with E-state index in [4.69, 9.17) is 23.2 Å². The first kappa shape index (κ1) is 10.5. The minimum Gasteiger partial charge on any atom is -0.266 e. The predicted molar refractivity (Wildman–Crippen MR) is 66.2 cm³/mol. The van der Waals surface area contributed by atoms with Crippen molar-refractivity contribution in [3.05, 3.63) is 46.7 Å². The van der Waals surface area contributed by atoms with E-state index < -0.39 is 0 Å². The molecule has 84 valence electrons. The first-order chi connectivity index (χ1) is 8.25. The summed E-state index contributed by atoms with van der Waals surface area (Å²) in [6, 6.07) is 7.06. The third-order valence-corrected chi connectivity index (χ3v) is 2.91. The lowest BCUT2D eigenvalue weighted by Gasteiger charge is -2.02. The van der Waals surface area contributed by atoms with Gasteiger partial charge in [0, 0.05) is 23.0 Å². The van der Waals surface area contributed by atoms with Gasteiger partial charge < -0.3 is 0 Å². The van der Waals surface area contributed by atoms with Crippen molar-refractivity contribution in [2.24, 2.45) is 0 Å². The molecule has 17 heavy (non-hydrogen) atoms. The summed E-state index contributed by atoms with van der Waals surface area (Å²) >= 11 is 12.0. The highest BCUT2D eigenvalue weighted by molar-refractivity contribution is 6.36. The highest BCUT2D eigenvalue weighted by atomic mass is 35.5. The lowest BCUT2D eigenvalue weighted by Crippen LogP contribution is -1.90. The molecule has 0 aliphatic carbocycles. The van der Waals surface area contributed by atoms with Crippen molar-refractivity contribution in [3.63, 3.8) is 0 Å². The maximum absolute atomic E-state index is 6.14.